The summed E-state index contributed by atoms with van der Waals surface area (Å²) in [5.74, 6) is 0.0979. The van der Waals surface area contributed by atoms with Crippen LogP contribution >= 0.6 is 0 Å². The highest BCUT2D eigenvalue weighted by molar-refractivity contribution is 5.76. The number of rotatable bonds is 7. The second-order valence-electron chi connectivity index (χ2n) is 5.06. The predicted molar refractivity (Wildman–Crippen MR) is 78.8 cm³/mol. The van der Waals surface area contributed by atoms with Crippen LogP contribution in [0.15, 0.2) is 24.4 Å². The molecule has 2 heterocycles. The van der Waals surface area contributed by atoms with Crippen LogP contribution in [-0.2, 0) is 20.8 Å². The van der Waals surface area contributed by atoms with Crippen molar-refractivity contribution in [2.24, 2.45) is 0 Å². The Morgan fingerprint density at radius 3 is 3.14 bits per heavy atom. The molecule has 1 fully saturated rings. The van der Waals surface area contributed by atoms with Crippen LogP contribution in [0.1, 0.15) is 12.1 Å². The van der Waals surface area contributed by atoms with Gasteiger partial charge in [-0.2, -0.15) is 0 Å². The molecule has 6 heteroatoms. The van der Waals surface area contributed by atoms with E-state index in [0.29, 0.717) is 39.3 Å². The molecule has 1 amide bonds. The van der Waals surface area contributed by atoms with Crippen molar-refractivity contribution in [2.75, 3.05) is 40.0 Å². The van der Waals surface area contributed by atoms with Gasteiger partial charge < -0.3 is 19.7 Å². The Morgan fingerprint density at radius 1 is 1.57 bits per heavy atom. The van der Waals surface area contributed by atoms with Crippen molar-refractivity contribution in [3.63, 3.8) is 0 Å². The van der Waals surface area contributed by atoms with E-state index in [1.807, 2.05) is 18.2 Å². The zero-order chi connectivity index (χ0) is 14.9. The average molecular weight is 293 g/mol. The summed E-state index contributed by atoms with van der Waals surface area (Å²) >= 11 is 0. The Balaban J connectivity index is 1.92. The second kappa shape index (κ2) is 8.71. The fraction of sp³-hybridized carbons (Fsp3) is 0.600. The van der Waals surface area contributed by atoms with Gasteiger partial charge in [-0.25, -0.2) is 0 Å². The average Bonchev–Trinajstić information content (AvgIpc) is 2.53. The van der Waals surface area contributed by atoms with Gasteiger partial charge in [0.05, 0.1) is 32.1 Å². The minimum absolute atomic E-state index is 0.0972. The van der Waals surface area contributed by atoms with Gasteiger partial charge in [-0.3, -0.25) is 9.78 Å². The summed E-state index contributed by atoms with van der Waals surface area (Å²) in [5.41, 5.74) is 0.884. The topological polar surface area (TPSA) is 63.7 Å². The molecule has 1 aliphatic rings. The van der Waals surface area contributed by atoms with Crippen LogP contribution in [0, 0.1) is 0 Å². The SMILES string of the molecule is COCCN(Cc1ccccn1)C(=O)CC1COCCN1. The summed E-state index contributed by atoms with van der Waals surface area (Å²) in [4.78, 5) is 18.5. The number of amides is 1. The van der Waals surface area contributed by atoms with Crippen molar-refractivity contribution in [3.05, 3.63) is 30.1 Å². The van der Waals surface area contributed by atoms with Gasteiger partial charge in [-0.15, -0.1) is 0 Å². The minimum Gasteiger partial charge on any atom is -0.383 e. The van der Waals surface area contributed by atoms with Crippen LogP contribution in [0.5, 0.6) is 0 Å². The first kappa shape index (κ1) is 15.9. The van der Waals surface area contributed by atoms with Gasteiger partial charge in [0, 0.05) is 38.9 Å². The molecule has 1 atom stereocenters. The molecule has 0 bridgehead atoms. The maximum atomic E-state index is 12.5. The highest BCUT2D eigenvalue weighted by Crippen LogP contribution is 2.07. The molecule has 0 aromatic carbocycles. The Labute approximate surface area is 125 Å². The number of carbonyl (C=O) groups excluding carboxylic acids is 1. The standard InChI is InChI=1S/C15H23N3O3/c1-20-9-7-18(11-13-4-2-3-5-16-13)15(19)10-14-12-21-8-6-17-14/h2-5,14,17H,6-12H2,1H3. The van der Waals surface area contributed by atoms with E-state index in [4.69, 9.17) is 9.47 Å². The molecule has 0 radical (unpaired) electrons. The maximum absolute atomic E-state index is 12.5. The number of nitrogens with one attached hydrogen (secondary N) is 1. The molecule has 1 N–H and O–H groups in total. The van der Waals surface area contributed by atoms with Crippen LogP contribution in [0.2, 0.25) is 0 Å². The lowest BCUT2D eigenvalue weighted by Gasteiger charge is -2.27. The Morgan fingerprint density at radius 2 is 2.48 bits per heavy atom. The van der Waals surface area contributed by atoms with Gasteiger partial charge in [0.2, 0.25) is 5.91 Å². The number of methoxy groups -OCH3 is 1. The molecule has 1 aliphatic heterocycles. The van der Waals surface area contributed by atoms with Gasteiger partial charge in [-0.05, 0) is 12.1 Å². The third-order valence-electron chi connectivity index (χ3n) is 3.42. The summed E-state index contributed by atoms with van der Waals surface area (Å²) < 4.78 is 10.5. The molecule has 0 spiro atoms. The molecule has 1 aromatic heterocycles. The van der Waals surface area contributed by atoms with Gasteiger partial charge >= 0.3 is 0 Å². The fourth-order valence-corrected chi connectivity index (χ4v) is 2.27. The van der Waals surface area contributed by atoms with E-state index in [1.165, 1.54) is 0 Å². The number of nitrogens with zero attached hydrogens (tertiary/aromatic N) is 2. The number of morpholine rings is 1. The minimum atomic E-state index is 0.0972. The number of carbonyl (C=O) groups is 1. The summed E-state index contributed by atoms with van der Waals surface area (Å²) in [5, 5.41) is 3.31. The fourth-order valence-electron chi connectivity index (χ4n) is 2.27. The summed E-state index contributed by atoms with van der Waals surface area (Å²) in [7, 11) is 1.64. The molecule has 1 unspecified atom stereocenters. The zero-order valence-corrected chi connectivity index (χ0v) is 12.5. The lowest BCUT2D eigenvalue weighted by atomic mass is 10.1. The zero-order valence-electron chi connectivity index (χ0n) is 12.5. The van der Waals surface area contributed by atoms with Crippen LogP contribution in [0.25, 0.3) is 0 Å². The maximum Gasteiger partial charge on any atom is 0.224 e. The Hall–Kier alpha value is -1.50. The van der Waals surface area contributed by atoms with Crippen molar-refractivity contribution >= 4 is 5.91 Å². The smallest absolute Gasteiger partial charge is 0.224 e. The third kappa shape index (κ3) is 5.41. The lowest BCUT2D eigenvalue weighted by Crippen LogP contribution is -2.45. The van der Waals surface area contributed by atoms with Crippen molar-refractivity contribution in [1.82, 2.24) is 15.2 Å². The number of hydrogen-bond donors (Lipinski definition) is 1. The van der Waals surface area contributed by atoms with E-state index in [0.717, 1.165) is 12.2 Å². The molecule has 1 saturated heterocycles. The van der Waals surface area contributed by atoms with E-state index in [1.54, 1.807) is 18.2 Å². The molecule has 21 heavy (non-hydrogen) atoms. The molecule has 0 aliphatic carbocycles. The molecule has 1 aromatic rings. The van der Waals surface area contributed by atoms with E-state index in [9.17, 15) is 4.79 Å². The number of ether oxygens (including phenoxy) is 2. The van der Waals surface area contributed by atoms with Crippen molar-refractivity contribution < 1.29 is 14.3 Å². The number of aromatic nitrogens is 1. The van der Waals surface area contributed by atoms with Crippen LogP contribution in [0.4, 0.5) is 0 Å². The second-order valence-corrected chi connectivity index (χ2v) is 5.06. The van der Waals surface area contributed by atoms with E-state index >= 15 is 0 Å². The number of pyridine rings is 1. The van der Waals surface area contributed by atoms with E-state index < -0.39 is 0 Å². The quantitative estimate of drug-likeness (QED) is 0.790. The van der Waals surface area contributed by atoms with Gasteiger partial charge in [0.1, 0.15) is 0 Å². The van der Waals surface area contributed by atoms with Gasteiger partial charge in [0.25, 0.3) is 0 Å². The van der Waals surface area contributed by atoms with Crippen LogP contribution < -0.4 is 5.32 Å². The highest BCUT2D eigenvalue weighted by Gasteiger charge is 2.21. The van der Waals surface area contributed by atoms with Gasteiger partial charge in [-0.1, -0.05) is 6.07 Å². The van der Waals surface area contributed by atoms with Gasteiger partial charge in [0.15, 0.2) is 0 Å². The van der Waals surface area contributed by atoms with Crippen molar-refractivity contribution in [2.45, 2.75) is 19.0 Å². The van der Waals surface area contributed by atoms with Crippen molar-refractivity contribution in [1.29, 1.82) is 0 Å². The normalized spacial score (nSPS) is 18.4. The predicted octanol–water partition coefficient (Wildman–Crippen LogP) is 0.435. The Bertz CT molecular complexity index is 421. The molecule has 6 nitrogen and oxygen atoms in total. The molecule has 2 rings (SSSR count). The number of hydrogen-bond acceptors (Lipinski definition) is 5. The monoisotopic (exact) mass is 293 g/mol. The molecule has 116 valence electrons. The Kier molecular flexibility index (Phi) is 6.59. The first-order chi connectivity index (χ1) is 10.3. The van der Waals surface area contributed by atoms with Crippen LogP contribution in [-0.4, -0.2) is 61.9 Å². The van der Waals surface area contributed by atoms with Crippen LogP contribution in [0.3, 0.4) is 0 Å². The summed E-state index contributed by atoms with van der Waals surface area (Å²) in [6, 6.07) is 5.82. The first-order valence-electron chi connectivity index (χ1n) is 7.27. The van der Waals surface area contributed by atoms with E-state index in [2.05, 4.69) is 10.3 Å². The van der Waals surface area contributed by atoms with E-state index in [-0.39, 0.29) is 11.9 Å². The van der Waals surface area contributed by atoms with Crippen molar-refractivity contribution in [3.8, 4) is 0 Å². The molecule has 0 saturated carbocycles. The summed E-state index contributed by atoms with van der Waals surface area (Å²) in [6.07, 6.45) is 2.18. The summed E-state index contributed by atoms with van der Waals surface area (Å²) in [6.45, 7) is 3.71. The molecular formula is C15H23N3O3. The largest absolute Gasteiger partial charge is 0.383 e. The molecular weight excluding hydrogens is 270 g/mol. The highest BCUT2D eigenvalue weighted by atomic mass is 16.5. The first-order valence-corrected chi connectivity index (χ1v) is 7.27. The third-order valence-corrected chi connectivity index (χ3v) is 3.42. The lowest BCUT2D eigenvalue weighted by molar-refractivity contribution is -0.133.